The van der Waals surface area contributed by atoms with Crippen LogP contribution in [-0.2, 0) is 0 Å². The first-order valence-corrected chi connectivity index (χ1v) is 7.39. The third-order valence-corrected chi connectivity index (χ3v) is 4.03. The van der Waals surface area contributed by atoms with Gasteiger partial charge in [-0.2, -0.15) is 0 Å². The highest BCUT2D eigenvalue weighted by atomic mass is 15.2. The average molecular weight is 240 g/mol. The molecule has 1 heterocycles. The molecule has 1 saturated heterocycles. The molecular formula is C15H32N2. The van der Waals surface area contributed by atoms with E-state index >= 15 is 0 Å². The van der Waals surface area contributed by atoms with Crippen LogP contribution in [0.3, 0.4) is 0 Å². The molecule has 0 bridgehead atoms. The second kappa shape index (κ2) is 6.75. The summed E-state index contributed by atoms with van der Waals surface area (Å²) in [6.07, 6.45) is 5.45. The molecule has 2 unspecified atom stereocenters. The Labute approximate surface area is 108 Å². The number of hydrogen-bond donors (Lipinski definition) is 1. The molecule has 1 rings (SSSR count). The normalized spacial score (nSPS) is 27.4. The van der Waals surface area contributed by atoms with Crippen molar-refractivity contribution in [2.24, 2.45) is 5.92 Å². The number of rotatable bonds is 5. The lowest BCUT2D eigenvalue weighted by molar-refractivity contribution is 0.112. The van der Waals surface area contributed by atoms with Crippen LogP contribution >= 0.6 is 0 Å². The maximum absolute atomic E-state index is 3.56. The predicted octanol–water partition coefficient (Wildman–Crippen LogP) is 3.28. The van der Waals surface area contributed by atoms with Crippen molar-refractivity contribution in [3.05, 3.63) is 0 Å². The molecule has 1 N–H and O–H groups in total. The monoisotopic (exact) mass is 240 g/mol. The Morgan fingerprint density at radius 1 is 1.18 bits per heavy atom. The molecule has 0 aromatic rings. The highest BCUT2D eigenvalue weighted by molar-refractivity contribution is 4.78. The molecule has 0 saturated carbocycles. The summed E-state index contributed by atoms with van der Waals surface area (Å²) in [6, 6.07) is 0.791. The van der Waals surface area contributed by atoms with Crippen LogP contribution in [-0.4, -0.2) is 36.1 Å². The van der Waals surface area contributed by atoms with E-state index in [0.717, 1.165) is 18.5 Å². The molecule has 2 heteroatoms. The number of likely N-dealkylation sites (tertiary alicyclic amines) is 1. The van der Waals surface area contributed by atoms with Gasteiger partial charge in [0.2, 0.25) is 0 Å². The fourth-order valence-electron chi connectivity index (χ4n) is 2.64. The predicted molar refractivity (Wildman–Crippen MR) is 76.4 cm³/mol. The molecule has 0 amide bonds. The Hall–Kier alpha value is -0.0800. The van der Waals surface area contributed by atoms with Gasteiger partial charge in [0.1, 0.15) is 0 Å². The van der Waals surface area contributed by atoms with E-state index in [0.29, 0.717) is 0 Å². The summed E-state index contributed by atoms with van der Waals surface area (Å²) in [5.41, 5.74) is 0.271. The number of nitrogens with one attached hydrogen (secondary N) is 1. The summed E-state index contributed by atoms with van der Waals surface area (Å²) in [5, 5.41) is 3.56. The smallest absolute Gasteiger partial charge is 0.00965 e. The van der Waals surface area contributed by atoms with E-state index in [1.807, 2.05) is 0 Å². The fraction of sp³-hybridized carbons (Fsp3) is 1.00. The zero-order valence-electron chi connectivity index (χ0n) is 12.6. The molecule has 0 spiro atoms. The van der Waals surface area contributed by atoms with E-state index in [1.54, 1.807) is 0 Å². The number of piperidine rings is 1. The van der Waals surface area contributed by atoms with Gasteiger partial charge in [-0.1, -0.05) is 6.92 Å². The summed E-state index contributed by atoms with van der Waals surface area (Å²) in [6.45, 7) is 15.3. The summed E-state index contributed by atoms with van der Waals surface area (Å²) in [4.78, 5) is 2.69. The van der Waals surface area contributed by atoms with E-state index < -0.39 is 0 Å². The van der Waals surface area contributed by atoms with Crippen molar-refractivity contribution in [1.82, 2.24) is 10.2 Å². The minimum atomic E-state index is 0.271. The van der Waals surface area contributed by atoms with Gasteiger partial charge >= 0.3 is 0 Å². The van der Waals surface area contributed by atoms with Crippen LogP contribution in [0.25, 0.3) is 0 Å². The van der Waals surface area contributed by atoms with Gasteiger partial charge in [-0.15, -0.1) is 0 Å². The van der Waals surface area contributed by atoms with Crippen molar-refractivity contribution < 1.29 is 0 Å². The zero-order valence-corrected chi connectivity index (χ0v) is 12.6. The van der Waals surface area contributed by atoms with Gasteiger partial charge in [0.15, 0.2) is 0 Å². The Morgan fingerprint density at radius 2 is 1.88 bits per heavy atom. The third kappa shape index (κ3) is 5.87. The molecule has 1 aliphatic heterocycles. The highest BCUT2D eigenvalue weighted by Gasteiger charge is 2.23. The van der Waals surface area contributed by atoms with Gasteiger partial charge in [-0.25, -0.2) is 0 Å². The first-order valence-electron chi connectivity index (χ1n) is 7.39. The van der Waals surface area contributed by atoms with Crippen molar-refractivity contribution in [1.29, 1.82) is 0 Å². The van der Waals surface area contributed by atoms with E-state index in [9.17, 15) is 0 Å². The minimum absolute atomic E-state index is 0.271. The van der Waals surface area contributed by atoms with Crippen LogP contribution in [0.1, 0.15) is 60.3 Å². The Bertz CT molecular complexity index is 207. The number of hydrogen-bond acceptors (Lipinski definition) is 2. The number of nitrogens with zero attached hydrogens (tertiary/aromatic N) is 1. The average Bonchev–Trinajstić information content (AvgIpc) is 2.22. The van der Waals surface area contributed by atoms with Crippen LogP contribution in [0.5, 0.6) is 0 Å². The molecule has 2 atom stereocenters. The molecule has 0 radical (unpaired) electrons. The lowest BCUT2D eigenvalue weighted by Gasteiger charge is -2.38. The Balaban J connectivity index is 2.10. The van der Waals surface area contributed by atoms with Gasteiger partial charge < -0.3 is 10.2 Å². The molecule has 2 nitrogen and oxygen atoms in total. The standard InChI is InChI=1S/C15H32N2/c1-13-9-8-12-17(14(13)2)11-7-6-10-16-15(3,4)5/h13-14,16H,6-12H2,1-5H3. The zero-order chi connectivity index (χ0) is 12.9. The lowest BCUT2D eigenvalue weighted by atomic mass is 9.92. The van der Waals surface area contributed by atoms with Crippen LogP contribution in [0.4, 0.5) is 0 Å². The summed E-state index contributed by atoms with van der Waals surface area (Å²) < 4.78 is 0. The van der Waals surface area contributed by atoms with Crippen molar-refractivity contribution in [3.63, 3.8) is 0 Å². The molecule has 1 aliphatic rings. The maximum Gasteiger partial charge on any atom is 0.00965 e. The minimum Gasteiger partial charge on any atom is -0.312 e. The van der Waals surface area contributed by atoms with Crippen LogP contribution < -0.4 is 5.32 Å². The van der Waals surface area contributed by atoms with Crippen LogP contribution in [0, 0.1) is 5.92 Å². The molecule has 17 heavy (non-hydrogen) atoms. The first kappa shape index (κ1) is 15.0. The molecular weight excluding hydrogens is 208 g/mol. The van der Waals surface area contributed by atoms with E-state index in [4.69, 9.17) is 0 Å². The first-order chi connectivity index (χ1) is 7.90. The molecule has 102 valence electrons. The molecule has 1 fully saturated rings. The Kier molecular flexibility index (Phi) is 5.94. The Morgan fingerprint density at radius 3 is 2.53 bits per heavy atom. The van der Waals surface area contributed by atoms with Crippen LogP contribution in [0.15, 0.2) is 0 Å². The molecule has 0 aromatic heterocycles. The van der Waals surface area contributed by atoms with E-state index in [1.165, 1.54) is 38.8 Å². The lowest BCUT2D eigenvalue weighted by Crippen LogP contribution is -2.43. The SMILES string of the molecule is CC1CCCN(CCCCNC(C)(C)C)C1C. The van der Waals surface area contributed by atoms with Gasteiger partial charge in [-0.3, -0.25) is 0 Å². The van der Waals surface area contributed by atoms with Crippen molar-refractivity contribution >= 4 is 0 Å². The van der Waals surface area contributed by atoms with E-state index in [2.05, 4.69) is 44.8 Å². The fourth-order valence-corrected chi connectivity index (χ4v) is 2.64. The topological polar surface area (TPSA) is 15.3 Å². The van der Waals surface area contributed by atoms with Gasteiger partial charge in [0, 0.05) is 11.6 Å². The van der Waals surface area contributed by atoms with Crippen molar-refractivity contribution in [3.8, 4) is 0 Å². The summed E-state index contributed by atoms with van der Waals surface area (Å²) in [5.74, 6) is 0.886. The summed E-state index contributed by atoms with van der Waals surface area (Å²) in [7, 11) is 0. The number of unbranched alkanes of at least 4 members (excludes halogenated alkanes) is 1. The largest absolute Gasteiger partial charge is 0.312 e. The highest BCUT2D eigenvalue weighted by Crippen LogP contribution is 2.22. The van der Waals surface area contributed by atoms with Crippen molar-refractivity contribution in [2.75, 3.05) is 19.6 Å². The molecule has 0 aliphatic carbocycles. The van der Waals surface area contributed by atoms with Gasteiger partial charge in [0.05, 0.1) is 0 Å². The third-order valence-electron chi connectivity index (χ3n) is 4.03. The van der Waals surface area contributed by atoms with E-state index in [-0.39, 0.29) is 5.54 Å². The van der Waals surface area contributed by atoms with Gasteiger partial charge in [0.25, 0.3) is 0 Å². The summed E-state index contributed by atoms with van der Waals surface area (Å²) >= 11 is 0. The van der Waals surface area contributed by atoms with Crippen LogP contribution in [0.2, 0.25) is 0 Å². The van der Waals surface area contributed by atoms with Crippen molar-refractivity contribution in [2.45, 2.75) is 71.9 Å². The van der Waals surface area contributed by atoms with Gasteiger partial charge in [-0.05, 0) is 78.9 Å². The quantitative estimate of drug-likeness (QED) is 0.742. The molecule has 0 aromatic carbocycles. The second-order valence-corrected chi connectivity index (χ2v) is 6.78. The maximum atomic E-state index is 3.56. The second-order valence-electron chi connectivity index (χ2n) is 6.78.